The molecular formula is C11H14N2OS2. The van der Waals surface area contributed by atoms with Crippen molar-refractivity contribution < 1.29 is 4.74 Å². The summed E-state index contributed by atoms with van der Waals surface area (Å²) in [5.74, 6) is 1.80. The minimum Gasteiger partial charge on any atom is -0.497 e. The van der Waals surface area contributed by atoms with E-state index in [9.17, 15) is 0 Å². The zero-order valence-electron chi connectivity index (χ0n) is 9.34. The van der Waals surface area contributed by atoms with E-state index in [-0.39, 0.29) is 0 Å². The van der Waals surface area contributed by atoms with Crippen molar-refractivity contribution in [1.29, 1.82) is 0 Å². The maximum absolute atomic E-state index is 5.21. The number of ether oxygens (including phenoxy) is 1. The third-order valence-corrected chi connectivity index (χ3v) is 4.14. The number of nitrogens with zero attached hydrogens (tertiary/aromatic N) is 2. The number of benzene rings is 1. The summed E-state index contributed by atoms with van der Waals surface area (Å²) in [4.78, 5) is 4.35. The number of thioether (sulfide) groups is 1. The molecule has 0 atom stereocenters. The molecule has 3 nitrogen and oxygen atoms in total. The SMILES string of the molecule is COc1ccc(N2CSC(=S)N(C)C2)cc1. The predicted octanol–water partition coefficient (Wildman–Crippen LogP) is 2.38. The Hall–Kier alpha value is -0.940. The van der Waals surface area contributed by atoms with Crippen LogP contribution < -0.4 is 9.64 Å². The normalized spacial score (nSPS) is 16.5. The van der Waals surface area contributed by atoms with Crippen LogP contribution in [0.15, 0.2) is 24.3 Å². The zero-order valence-corrected chi connectivity index (χ0v) is 11.0. The summed E-state index contributed by atoms with van der Waals surface area (Å²) < 4.78 is 6.10. The maximum Gasteiger partial charge on any atom is 0.139 e. The van der Waals surface area contributed by atoms with Crippen LogP contribution in [0.2, 0.25) is 0 Å². The van der Waals surface area contributed by atoms with Crippen molar-refractivity contribution in [3.8, 4) is 5.75 Å². The third kappa shape index (κ3) is 2.41. The highest BCUT2D eigenvalue weighted by atomic mass is 32.2. The Balaban J connectivity index is 2.09. The van der Waals surface area contributed by atoms with E-state index in [0.29, 0.717) is 0 Å². The van der Waals surface area contributed by atoms with Gasteiger partial charge < -0.3 is 14.5 Å². The van der Waals surface area contributed by atoms with E-state index >= 15 is 0 Å². The zero-order chi connectivity index (χ0) is 11.5. The Morgan fingerprint density at radius 3 is 2.56 bits per heavy atom. The second-order valence-corrected chi connectivity index (χ2v) is 5.20. The van der Waals surface area contributed by atoms with E-state index in [0.717, 1.165) is 22.6 Å². The van der Waals surface area contributed by atoms with Crippen LogP contribution in [0.5, 0.6) is 5.75 Å². The van der Waals surface area contributed by atoms with Gasteiger partial charge in [0, 0.05) is 12.7 Å². The molecule has 1 aromatic carbocycles. The van der Waals surface area contributed by atoms with Crippen molar-refractivity contribution in [2.45, 2.75) is 0 Å². The molecule has 1 aliphatic heterocycles. The van der Waals surface area contributed by atoms with E-state index < -0.39 is 0 Å². The Kier molecular flexibility index (Phi) is 3.56. The summed E-state index contributed by atoms with van der Waals surface area (Å²) in [5.41, 5.74) is 1.20. The van der Waals surface area contributed by atoms with Gasteiger partial charge in [-0.1, -0.05) is 24.0 Å². The first-order chi connectivity index (χ1) is 7.70. The lowest BCUT2D eigenvalue weighted by Gasteiger charge is -2.35. The van der Waals surface area contributed by atoms with E-state index in [1.807, 2.05) is 19.2 Å². The van der Waals surface area contributed by atoms with Crippen molar-refractivity contribution >= 4 is 34.0 Å². The quantitative estimate of drug-likeness (QED) is 0.751. The lowest BCUT2D eigenvalue weighted by atomic mass is 10.3. The van der Waals surface area contributed by atoms with Gasteiger partial charge in [0.15, 0.2) is 0 Å². The number of hydrogen-bond donors (Lipinski definition) is 0. The van der Waals surface area contributed by atoms with Crippen LogP contribution in [0.3, 0.4) is 0 Å². The van der Waals surface area contributed by atoms with Gasteiger partial charge in [0.1, 0.15) is 10.1 Å². The first-order valence-electron chi connectivity index (χ1n) is 4.97. The van der Waals surface area contributed by atoms with Crippen molar-refractivity contribution in [3.05, 3.63) is 24.3 Å². The smallest absolute Gasteiger partial charge is 0.139 e. The van der Waals surface area contributed by atoms with Crippen LogP contribution in [0.25, 0.3) is 0 Å². The Bertz CT molecular complexity index is 380. The van der Waals surface area contributed by atoms with Crippen molar-refractivity contribution in [3.63, 3.8) is 0 Å². The molecule has 0 spiro atoms. The maximum atomic E-state index is 5.21. The molecule has 0 amide bonds. The molecule has 1 aliphatic rings. The summed E-state index contributed by atoms with van der Waals surface area (Å²) in [6.45, 7) is 0.845. The van der Waals surface area contributed by atoms with E-state index in [4.69, 9.17) is 17.0 Å². The molecule has 5 heteroatoms. The monoisotopic (exact) mass is 254 g/mol. The topological polar surface area (TPSA) is 15.7 Å². The number of anilines is 1. The summed E-state index contributed by atoms with van der Waals surface area (Å²) in [5, 5.41) is 0. The molecule has 86 valence electrons. The van der Waals surface area contributed by atoms with Crippen molar-refractivity contribution in [2.24, 2.45) is 0 Å². The van der Waals surface area contributed by atoms with Crippen LogP contribution in [0, 0.1) is 0 Å². The van der Waals surface area contributed by atoms with Gasteiger partial charge in [-0.2, -0.15) is 0 Å². The second kappa shape index (κ2) is 4.93. The molecule has 2 rings (SSSR count). The molecule has 0 aromatic heterocycles. The molecule has 0 radical (unpaired) electrons. The van der Waals surface area contributed by atoms with Gasteiger partial charge >= 0.3 is 0 Å². The lowest BCUT2D eigenvalue weighted by Crippen LogP contribution is -2.42. The average molecular weight is 254 g/mol. The summed E-state index contributed by atoms with van der Waals surface area (Å²) in [6, 6.07) is 8.10. The highest BCUT2D eigenvalue weighted by molar-refractivity contribution is 8.23. The molecule has 0 unspecified atom stereocenters. The van der Waals surface area contributed by atoms with Crippen LogP contribution in [-0.4, -0.2) is 35.9 Å². The van der Waals surface area contributed by atoms with Crippen LogP contribution >= 0.6 is 24.0 Å². The largest absolute Gasteiger partial charge is 0.497 e. The predicted molar refractivity (Wildman–Crippen MR) is 73.2 cm³/mol. The number of methoxy groups -OCH3 is 1. The molecule has 0 N–H and O–H groups in total. The minimum absolute atomic E-state index is 0.845. The summed E-state index contributed by atoms with van der Waals surface area (Å²) in [7, 11) is 3.70. The van der Waals surface area contributed by atoms with Crippen LogP contribution in [-0.2, 0) is 0 Å². The van der Waals surface area contributed by atoms with Gasteiger partial charge in [0.05, 0.1) is 19.7 Å². The third-order valence-electron chi connectivity index (χ3n) is 2.48. The minimum atomic E-state index is 0.845. The fourth-order valence-corrected chi connectivity index (χ4v) is 2.54. The Morgan fingerprint density at radius 1 is 1.31 bits per heavy atom. The van der Waals surface area contributed by atoms with Crippen LogP contribution in [0.4, 0.5) is 5.69 Å². The Labute approximate surface area is 105 Å². The van der Waals surface area contributed by atoms with E-state index in [1.165, 1.54) is 5.69 Å². The van der Waals surface area contributed by atoms with Crippen molar-refractivity contribution in [1.82, 2.24) is 4.90 Å². The number of thiocarbonyl (C=S) groups is 1. The summed E-state index contributed by atoms with van der Waals surface area (Å²) >= 11 is 6.90. The van der Waals surface area contributed by atoms with Crippen LogP contribution in [0.1, 0.15) is 0 Å². The lowest BCUT2D eigenvalue weighted by molar-refractivity contribution is 0.414. The average Bonchev–Trinajstić information content (AvgIpc) is 2.33. The van der Waals surface area contributed by atoms with Gasteiger partial charge in [-0.15, -0.1) is 0 Å². The molecule has 1 saturated heterocycles. The second-order valence-electron chi connectivity index (χ2n) is 3.62. The standard InChI is InChI=1S/C11H14N2OS2/c1-12-7-13(8-16-11(12)15)9-3-5-10(14-2)6-4-9/h3-6H,7-8H2,1-2H3. The molecular weight excluding hydrogens is 240 g/mol. The molecule has 0 aliphatic carbocycles. The molecule has 0 saturated carbocycles. The van der Waals surface area contributed by atoms with Gasteiger partial charge in [0.25, 0.3) is 0 Å². The number of rotatable bonds is 2. The highest BCUT2D eigenvalue weighted by Crippen LogP contribution is 2.25. The fourth-order valence-electron chi connectivity index (χ4n) is 1.55. The Morgan fingerprint density at radius 2 is 2.00 bits per heavy atom. The number of hydrogen-bond acceptors (Lipinski definition) is 4. The van der Waals surface area contributed by atoms with Crippen molar-refractivity contribution in [2.75, 3.05) is 31.6 Å². The van der Waals surface area contributed by atoms with Gasteiger partial charge in [-0.3, -0.25) is 0 Å². The van der Waals surface area contributed by atoms with Gasteiger partial charge in [-0.25, -0.2) is 0 Å². The van der Waals surface area contributed by atoms with E-state index in [1.54, 1.807) is 18.9 Å². The molecule has 1 aromatic rings. The van der Waals surface area contributed by atoms with Gasteiger partial charge in [-0.05, 0) is 24.3 Å². The first kappa shape index (κ1) is 11.5. The summed E-state index contributed by atoms with van der Waals surface area (Å²) in [6.07, 6.45) is 0. The van der Waals surface area contributed by atoms with Gasteiger partial charge in [0.2, 0.25) is 0 Å². The molecule has 1 heterocycles. The molecule has 16 heavy (non-hydrogen) atoms. The van der Waals surface area contributed by atoms with E-state index in [2.05, 4.69) is 21.9 Å². The first-order valence-corrected chi connectivity index (χ1v) is 6.37. The molecule has 0 bridgehead atoms. The fraction of sp³-hybridized carbons (Fsp3) is 0.364. The molecule has 1 fully saturated rings. The highest BCUT2D eigenvalue weighted by Gasteiger charge is 2.18.